The minimum atomic E-state index is -0.968. The fourth-order valence-corrected chi connectivity index (χ4v) is 5.27. The van der Waals surface area contributed by atoms with Crippen LogP contribution in [0.3, 0.4) is 0 Å². The Morgan fingerprint density at radius 3 is 2.43 bits per heavy atom. The standard InChI is InChI=1S/C27H21Cl2NO7/c1-13-5-4-6-14(9-13)22-20(23(31)16-11-17(28)26(35-3)21(29)25(16)34-2)24(32)27(33)30(22)15-7-8-18-19(10-15)37-12-36-18/h4-11,22,31H,12H2,1-3H3/b23-20+. The Morgan fingerprint density at radius 1 is 1.00 bits per heavy atom. The van der Waals surface area contributed by atoms with E-state index in [0.29, 0.717) is 22.7 Å². The predicted octanol–water partition coefficient (Wildman–Crippen LogP) is 5.67. The molecule has 2 aliphatic heterocycles. The molecule has 0 aliphatic carbocycles. The molecular weight excluding hydrogens is 521 g/mol. The van der Waals surface area contributed by atoms with Crippen molar-refractivity contribution in [1.82, 2.24) is 0 Å². The first-order valence-electron chi connectivity index (χ1n) is 11.1. The number of hydrogen-bond acceptors (Lipinski definition) is 7. The number of Topliss-reactive ketones (excluding diaryl/α,β-unsaturated/α-hetero) is 1. The molecule has 8 nitrogen and oxygen atoms in total. The summed E-state index contributed by atoms with van der Waals surface area (Å²) in [7, 11) is 2.75. The molecular formula is C27H21Cl2NO7. The van der Waals surface area contributed by atoms with E-state index < -0.39 is 23.5 Å². The maximum Gasteiger partial charge on any atom is 0.300 e. The van der Waals surface area contributed by atoms with E-state index in [1.807, 2.05) is 25.1 Å². The predicted molar refractivity (Wildman–Crippen MR) is 138 cm³/mol. The Hall–Kier alpha value is -3.88. The van der Waals surface area contributed by atoms with Crippen LogP contribution >= 0.6 is 23.2 Å². The summed E-state index contributed by atoms with van der Waals surface area (Å²) in [6.07, 6.45) is 0. The van der Waals surface area contributed by atoms with Crippen molar-refractivity contribution >= 4 is 46.3 Å². The first-order chi connectivity index (χ1) is 17.8. The first kappa shape index (κ1) is 24.8. The highest BCUT2D eigenvalue weighted by molar-refractivity contribution is 6.52. The largest absolute Gasteiger partial charge is 0.507 e. The number of aliphatic hydroxyl groups excluding tert-OH is 1. The molecule has 1 unspecified atom stereocenters. The van der Waals surface area contributed by atoms with E-state index in [2.05, 4.69) is 0 Å². The van der Waals surface area contributed by atoms with Gasteiger partial charge in [-0.2, -0.15) is 0 Å². The Bertz CT molecular complexity index is 1480. The zero-order chi connectivity index (χ0) is 26.4. The van der Waals surface area contributed by atoms with Crippen LogP contribution < -0.4 is 23.8 Å². The van der Waals surface area contributed by atoms with Crippen LogP contribution in [0.15, 0.2) is 54.1 Å². The minimum absolute atomic E-state index is 0.0103. The molecule has 3 aromatic carbocycles. The number of aryl methyl sites for hydroxylation is 1. The monoisotopic (exact) mass is 541 g/mol. The van der Waals surface area contributed by atoms with Gasteiger partial charge < -0.3 is 24.1 Å². The van der Waals surface area contributed by atoms with Crippen LogP contribution in [0.25, 0.3) is 5.76 Å². The lowest BCUT2D eigenvalue weighted by atomic mass is 9.94. The molecule has 37 heavy (non-hydrogen) atoms. The van der Waals surface area contributed by atoms with Crippen molar-refractivity contribution < 1.29 is 33.6 Å². The van der Waals surface area contributed by atoms with Gasteiger partial charge in [0.2, 0.25) is 6.79 Å². The Morgan fingerprint density at radius 2 is 1.73 bits per heavy atom. The van der Waals surface area contributed by atoms with E-state index in [1.165, 1.54) is 25.2 Å². The molecule has 10 heteroatoms. The van der Waals surface area contributed by atoms with Crippen LogP contribution in [0.5, 0.6) is 23.0 Å². The van der Waals surface area contributed by atoms with Crippen molar-refractivity contribution in [2.45, 2.75) is 13.0 Å². The average molecular weight is 542 g/mol. The van der Waals surface area contributed by atoms with Gasteiger partial charge in [0.1, 0.15) is 10.8 Å². The van der Waals surface area contributed by atoms with Gasteiger partial charge in [-0.05, 0) is 30.7 Å². The topological polar surface area (TPSA) is 94.5 Å². The van der Waals surface area contributed by atoms with Gasteiger partial charge >= 0.3 is 0 Å². The van der Waals surface area contributed by atoms with Crippen LogP contribution in [0.2, 0.25) is 10.0 Å². The number of carbonyl (C=O) groups is 2. The summed E-state index contributed by atoms with van der Waals surface area (Å²) in [6.45, 7) is 1.94. The second kappa shape index (κ2) is 9.53. The highest BCUT2D eigenvalue weighted by Gasteiger charge is 2.47. The first-order valence-corrected chi connectivity index (χ1v) is 11.9. The number of aliphatic hydroxyl groups is 1. The highest BCUT2D eigenvalue weighted by Crippen LogP contribution is 2.49. The summed E-state index contributed by atoms with van der Waals surface area (Å²) in [5.41, 5.74) is 1.81. The maximum atomic E-state index is 13.5. The molecule has 1 saturated heterocycles. The third-order valence-corrected chi connectivity index (χ3v) is 6.86. The molecule has 0 bridgehead atoms. The quantitative estimate of drug-likeness (QED) is 0.252. The average Bonchev–Trinajstić information content (AvgIpc) is 3.45. The van der Waals surface area contributed by atoms with Crippen molar-refractivity contribution in [3.05, 3.63) is 80.8 Å². The second-order valence-corrected chi connectivity index (χ2v) is 9.19. The molecule has 3 aromatic rings. The lowest BCUT2D eigenvalue weighted by molar-refractivity contribution is -0.132. The molecule has 0 spiro atoms. The molecule has 5 rings (SSSR count). The number of ether oxygens (including phenoxy) is 4. The number of nitrogens with zero attached hydrogens (tertiary/aromatic N) is 1. The third kappa shape index (κ3) is 4.02. The van der Waals surface area contributed by atoms with Crippen molar-refractivity contribution in [2.75, 3.05) is 25.9 Å². The second-order valence-electron chi connectivity index (χ2n) is 8.41. The molecule has 2 heterocycles. The molecule has 0 radical (unpaired) electrons. The summed E-state index contributed by atoms with van der Waals surface area (Å²) in [5, 5.41) is 11.7. The van der Waals surface area contributed by atoms with Crippen LogP contribution in [0.4, 0.5) is 5.69 Å². The van der Waals surface area contributed by atoms with E-state index in [4.69, 9.17) is 42.1 Å². The fraction of sp³-hybridized carbons (Fsp3) is 0.185. The normalized spacial score (nSPS) is 17.9. The number of hydrogen-bond donors (Lipinski definition) is 1. The minimum Gasteiger partial charge on any atom is -0.507 e. The lowest BCUT2D eigenvalue weighted by Crippen LogP contribution is -2.29. The fourth-order valence-electron chi connectivity index (χ4n) is 4.58. The number of halogens is 2. The van der Waals surface area contributed by atoms with Crippen molar-refractivity contribution in [1.29, 1.82) is 0 Å². The summed E-state index contributed by atoms with van der Waals surface area (Å²) in [6, 6.07) is 12.7. The van der Waals surface area contributed by atoms with Gasteiger partial charge in [-0.1, -0.05) is 53.0 Å². The van der Waals surface area contributed by atoms with Gasteiger partial charge in [0.05, 0.1) is 36.4 Å². The van der Waals surface area contributed by atoms with E-state index in [1.54, 1.807) is 24.3 Å². The van der Waals surface area contributed by atoms with Gasteiger partial charge in [0.15, 0.2) is 23.0 Å². The van der Waals surface area contributed by atoms with Crippen LogP contribution in [0.1, 0.15) is 22.7 Å². The molecule has 1 amide bonds. The Balaban J connectivity index is 1.76. The number of benzene rings is 3. The van der Waals surface area contributed by atoms with Crippen molar-refractivity contribution in [3.63, 3.8) is 0 Å². The van der Waals surface area contributed by atoms with Crippen LogP contribution in [0, 0.1) is 6.92 Å². The highest BCUT2D eigenvalue weighted by atomic mass is 35.5. The zero-order valence-corrected chi connectivity index (χ0v) is 21.5. The summed E-state index contributed by atoms with van der Waals surface area (Å²) in [5.74, 6) is -1.04. The third-order valence-electron chi connectivity index (χ3n) is 6.23. The molecule has 1 atom stereocenters. The van der Waals surface area contributed by atoms with Gasteiger partial charge in [-0.3, -0.25) is 14.5 Å². The lowest BCUT2D eigenvalue weighted by Gasteiger charge is -2.26. The zero-order valence-electron chi connectivity index (χ0n) is 20.0. The number of fused-ring (bicyclic) bond motifs is 1. The smallest absolute Gasteiger partial charge is 0.300 e. The number of rotatable bonds is 5. The van der Waals surface area contributed by atoms with Crippen molar-refractivity contribution in [3.8, 4) is 23.0 Å². The molecule has 190 valence electrons. The summed E-state index contributed by atoms with van der Waals surface area (Å²) >= 11 is 12.8. The van der Waals surface area contributed by atoms with Gasteiger partial charge in [0, 0.05) is 11.8 Å². The van der Waals surface area contributed by atoms with Gasteiger partial charge in [0.25, 0.3) is 11.7 Å². The number of ketones is 1. The molecule has 2 aliphatic rings. The van der Waals surface area contributed by atoms with Crippen LogP contribution in [-0.2, 0) is 9.59 Å². The molecule has 0 saturated carbocycles. The molecule has 1 N–H and O–H groups in total. The SMILES string of the molecule is COc1c(Cl)cc(/C(O)=C2\C(=O)C(=O)N(c3ccc4c(c3)OCO4)C2c2cccc(C)c2)c(OC)c1Cl. The number of amides is 1. The molecule has 0 aromatic heterocycles. The van der Waals surface area contributed by atoms with E-state index >= 15 is 0 Å². The van der Waals surface area contributed by atoms with Crippen molar-refractivity contribution in [2.24, 2.45) is 0 Å². The van der Waals surface area contributed by atoms with E-state index in [-0.39, 0.29) is 39.5 Å². The van der Waals surface area contributed by atoms with E-state index in [0.717, 1.165) is 5.56 Å². The maximum absolute atomic E-state index is 13.5. The number of anilines is 1. The Labute approximate surface area is 222 Å². The van der Waals surface area contributed by atoms with Gasteiger partial charge in [-0.25, -0.2) is 0 Å². The van der Waals surface area contributed by atoms with Crippen LogP contribution in [-0.4, -0.2) is 37.8 Å². The Kier molecular flexibility index (Phi) is 6.39. The van der Waals surface area contributed by atoms with Gasteiger partial charge in [-0.15, -0.1) is 0 Å². The molecule has 1 fully saturated rings. The van der Waals surface area contributed by atoms with E-state index in [9.17, 15) is 14.7 Å². The number of carbonyl (C=O) groups excluding carboxylic acids is 2. The summed E-state index contributed by atoms with van der Waals surface area (Å²) in [4.78, 5) is 28.3. The number of methoxy groups -OCH3 is 2. The summed E-state index contributed by atoms with van der Waals surface area (Å²) < 4.78 is 21.5.